The first kappa shape index (κ1) is 10.0. The maximum Gasteiger partial charge on any atom is 0.416 e. The van der Waals surface area contributed by atoms with Crippen LogP contribution in [-0.2, 0) is 6.18 Å². The van der Waals surface area contributed by atoms with Crippen molar-refractivity contribution in [1.82, 2.24) is 9.97 Å². The predicted octanol–water partition coefficient (Wildman–Crippen LogP) is 3.20. The molecule has 0 saturated carbocycles. The second-order valence-corrected chi connectivity index (χ2v) is 3.50. The molecular formula is C10H9F3N2. The molecule has 0 aliphatic carbocycles. The molecule has 1 N–H and O–H groups in total. The zero-order valence-corrected chi connectivity index (χ0v) is 8.24. The molecule has 0 fully saturated rings. The molecule has 15 heavy (non-hydrogen) atoms. The van der Waals surface area contributed by atoms with Gasteiger partial charge in [0.2, 0.25) is 0 Å². The van der Waals surface area contributed by atoms with Crippen LogP contribution in [0.5, 0.6) is 0 Å². The topological polar surface area (TPSA) is 28.7 Å². The number of H-pyrrole nitrogens is 1. The second-order valence-electron chi connectivity index (χ2n) is 3.50. The molecule has 1 heterocycles. The summed E-state index contributed by atoms with van der Waals surface area (Å²) in [6, 6.07) is 2.55. The lowest BCUT2D eigenvalue weighted by Gasteiger charge is -2.09. The van der Waals surface area contributed by atoms with Crippen LogP contribution in [0.2, 0.25) is 0 Å². The van der Waals surface area contributed by atoms with Crippen LogP contribution in [0.25, 0.3) is 11.0 Å². The van der Waals surface area contributed by atoms with Crippen LogP contribution in [0.1, 0.15) is 17.0 Å². The number of imidazole rings is 1. The minimum atomic E-state index is -4.31. The molecule has 80 valence electrons. The molecule has 2 nitrogen and oxygen atoms in total. The highest BCUT2D eigenvalue weighted by Crippen LogP contribution is 2.33. The van der Waals surface area contributed by atoms with E-state index in [-0.39, 0.29) is 5.56 Å². The number of fused-ring (bicyclic) bond motifs is 1. The van der Waals surface area contributed by atoms with Crippen molar-refractivity contribution in [3.8, 4) is 0 Å². The molecule has 2 rings (SSSR count). The summed E-state index contributed by atoms with van der Waals surface area (Å²) in [5, 5.41) is 0. The third-order valence-electron chi connectivity index (χ3n) is 2.25. The molecule has 0 saturated heterocycles. The van der Waals surface area contributed by atoms with Gasteiger partial charge in [-0.1, -0.05) is 0 Å². The molecule has 5 heteroatoms. The van der Waals surface area contributed by atoms with Crippen LogP contribution in [0.15, 0.2) is 12.1 Å². The van der Waals surface area contributed by atoms with Gasteiger partial charge in [0.15, 0.2) is 0 Å². The van der Waals surface area contributed by atoms with Crippen molar-refractivity contribution in [3.63, 3.8) is 0 Å². The number of aryl methyl sites for hydroxylation is 2. The van der Waals surface area contributed by atoms with Gasteiger partial charge in [-0.05, 0) is 31.5 Å². The van der Waals surface area contributed by atoms with Crippen LogP contribution in [0.3, 0.4) is 0 Å². The minimum absolute atomic E-state index is 0.207. The SMILES string of the molecule is Cc1nc2cc(C(F)(F)F)c(C)cc2[nH]1. The molecule has 2 aromatic rings. The molecule has 0 bridgehead atoms. The lowest BCUT2D eigenvalue weighted by molar-refractivity contribution is -0.137. The van der Waals surface area contributed by atoms with Gasteiger partial charge < -0.3 is 4.98 Å². The van der Waals surface area contributed by atoms with E-state index in [0.29, 0.717) is 16.9 Å². The van der Waals surface area contributed by atoms with Crippen molar-refractivity contribution in [2.24, 2.45) is 0 Å². The molecule has 0 atom stereocenters. The largest absolute Gasteiger partial charge is 0.416 e. The van der Waals surface area contributed by atoms with E-state index in [9.17, 15) is 13.2 Å². The average molecular weight is 214 g/mol. The van der Waals surface area contributed by atoms with Crippen LogP contribution in [0.4, 0.5) is 13.2 Å². The van der Waals surface area contributed by atoms with Crippen LogP contribution in [-0.4, -0.2) is 9.97 Å². The summed E-state index contributed by atoms with van der Waals surface area (Å²) < 4.78 is 37.6. The van der Waals surface area contributed by atoms with Crippen molar-refractivity contribution in [3.05, 3.63) is 29.1 Å². The number of benzene rings is 1. The van der Waals surface area contributed by atoms with Gasteiger partial charge in [0.05, 0.1) is 16.6 Å². The van der Waals surface area contributed by atoms with Crippen LogP contribution >= 0.6 is 0 Å². The zero-order chi connectivity index (χ0) is 11.2. The van der Waals surface area contributed by atoms with E-state index in [4.69, 9.17) is 0 Å². The van der Waals surface area contributed by atoms with Crippen molar-refractivity contribution in [2.45, 2.75) is 20.0 Å². The molecule has 0 radical (unpaired) electrons. The van der Waals surface area contributed by atoms with Gasteiger partial charge in [0, 0.05) is 0 Å². The number of aromatic amines is 1. The summed E-state index contributed by atoms with van der Waals surface area (Å²) in [6.07, 6.45) is -4.31. The molecule has 0 unspecified atom stereocenters. The van der Waals surface area contributed by atoms with E-state index in [1.54, 1.807) is 6.92 Å². The van der Waals surface area contributed by atoms with Crippen molar-refractivity contribution < 1.29 is 13.2 Å². The van der Waals surface area contributed by atoms with Crippen molar-refractivity contribution in [1.29, 1.82) is 0 Å². The fraction of sp³-hybridized carbons (Fsp3) is 0.300. The minimum Gasteiger partial charge on any atom is -0.342 e. The van der Waals surface area contributed by atoms with E-state index in [1.807, 2.05) is 0 Å². The lowest BCUT2D eigenvalue weighted by Crippen LogP contribution is -2.07. The van der Waals surface area contributed by atoms with E-state index in [2.05, 4.69) is 9.97 Å². The van der Waals surface area contributed by atoms with Gasteiger partial charge in [0.1, 0.15) is 5.82 Å². The average Bonchev–Trinajstić information content (AvgIpc) is 2.40. The third-order valence-corrected chi connectivity index (χ3v) is 2.25. The number of halogens is 3. The van der Waals surface area contributed by atoms with E-state index in [0.717, 1.165) is 6.07 Å². The monoisotopic (exact) mass is 214 g/mol. The number of nitrogens with zero attached hydrogens (tertiary/aromatic N) is 1. The van der Waals surface area contributed by atoms with Crippen LogP contribution in [0, 0.1) is 13.8 Å². The Kier molecular flexibility index (Phi) is 1.99. The van der Waals surface area contributed by atoms with Gasteiger partial charge in [0.25, 0.3) is 0 Å². The quantitative estimate of drug-likeness (QED) is 0.716. The zero-order valence-electron chi connectivity index (χ0n) is 8.24. The molecule has 1 aromatic heterocycles. The molecule has 0 aliphatic rings. The van der Waals surface area contributed by atoms with Gasteiger partial charge >= 0.3 is 6.18 Å². The maximum atomic E-state index is 12.5. The summed E-state index contributed by atoms with van der Waals surface area (Å²) in [4.78, 5) is 6.87. The molecule has 1 aromatic carbocycles. The summed E-state index contributed by atoms with van der Waals surface area (Å²) in [5.41, 5.74) is 0.573. The number of aromatic nitrogens is 2. The number of alkyl halides is 3. The predicted molar refractivity (Wildman–Crippen MR) is 50.6 cm³/mol. The second kappa shape index (κ2) is 2.98. The fourth-order valence-electron chi connectivity index (χ4n) is 1.60. The van der Waals surface area contributed by atoms with Gasteiger partial charge in [-0.15, -0.1) is 0 Å². The number of rotatable bonds is 0. The van der Waals surface area contributed by atoms with Crippen molar-refractivity contribution >= 4 is 11.0 Å². The Bertz CT molecular complexity index is 511. The molecule has 0 aliphatic heterocycles. The highest BCUT2D eigenvalue weighted by Gasteiger charge is 2.32. The summed E-state index contributed by atoms with van der Waals surface area (Å²) in [5.74, 6) is 0.615. The Balaban J connectivity index is 2.72. The summed E-state index contributed by atoms with van der Waals surface area (Å²) in [6.45, 7) is 3.15. The van der Waals surface area contributed by atoms with Gasteiger partial charge in [-0.25, -0.2) is 4.98 Å². The molecule has 0 amide bonds. The smallest absolute Gasteiger partial charge is 0.342 e. The Labute approximate surface area is 84.1 Å². The number of nitrogens with one attached hydrogen (secondary N) is 1. The van der Waals surface area contributed by atoms with E-state index in [1.165, 1.54) is 13.0 Å². The number of hydrogen-bond donors (Lipinski definition) is 1. The first-order chi connectivity index (χ1) is 6.88. The Morgan fingerprint density at radius 2 is 1.87 bits per heavy atom. The Morgan fingerprint density at radius 3 is 2.47 bits per heavy atom. The highest BCUT2D eigenvalue weighted by molar-refractivity contribution is 5.77. The van der Waals surface area contributed by atoms with E-state index >= 15 is 0 Å². The standard InChI is InChI=1S/C10H9F3N2/c1-5-3-8-9(15-6(2)14-8)4-7(5)10(11,12)13/h3-4H,1-2H3,(H,14,15). The maximum absolute atomic E-state index is 12.5. The Morgan fingerprint density at radius 1 is 1.20 bits per heavy atom. The Hall–Kier alpha value is -1.52. The fourth-order valence-corrected chi connectivity index (χ4v) is 1.60. The van der Waals surface area contributed by atoms with E-state index < -0.39 is 11.7 Å². The first-order valence-corrected chi connectivity index (χ1v) is 4.42. The normalized spacial score (nSPS) is 12.3. The molecular weight excluding hydrogens is 205 g/mol. The third kappa shape index (κ3) is 1.69. The first-order valence-electron chi connectivity index (χ1n) is 4.42. The highest BCUT2D eigenvalue weighted by atomic mass is 19.4. The van der Waals surface area contributed by atoms with Gasteiger partial charge in [-0.2, -0.15) is 13.2 Å². The summed E-state index contributed by atoms with van der Waals surface area (Å²) in [7, 11) is 0. The molecule has 0 spiro atoms. The van der Waals surface area contributed by atoms with Gasteiger partial charge in [-0.3, -0.25) is 0 Å². The van der Waals surface area contributed by atoms with Crippen LogP contribution < -0.4 is 0 Å². The number of hydrogen-bond acceptors (Lipinski definition) is 1. The summed E-state index contributed by atoms with van der Waals surface area (Å²) >= 11 is 0. The lowest BCUT2D eigenvalue weighted by atomic mass is 10.1. The van der Waals surface area contributed by atoms with Crippen molar-refractivity contribution in [2.75, 3.05) is 0 Å².